The van der Waals surface area contributed by atoms with Crippen molar-refractivity contribution in [3.63, 3.8) is 0 Å². The maximum atomic E-state index is 6.06. The van der Waals surface area contributed by atoms with Gasteiger partial charge < -0.3 is 15.4 Å². The largest absolute Gasteiger partial charge is 0.378 e. The third kappa shape index (κ3) is 4.14. The van der Waals surface area contributed by atoms with Crippen molar-refractivity contribution < 1.29 is 4.74 Å². The van der Waals surface area contributed by atoms with Gasteiger partial charge in [0.25, 0.3) is 0 Å². The van der Waals surface area contributed by atoms with E-state index in [4.69, 9.17) is 9.73 Å². The van der Waals surface area contributed by atoms with Crippen molar-refractivity contribution in [3.8, 4) is 0 Å². The van der Waals surface area contributed by atoms with Gasteiger partial charge in [-0.2, -0.15) is 0 Å². The Hall–Kier alpha value is -1.62. The quantitative estimate of drug-likeness (QED) is 0.614. The van der Waals surface area contributed by atoms with Crippen molar-refractivity contribution in [2.75, 3.05) is 13.2 Å². The minimum absolute atomic E-state index is 0.301. The fourth-order valence-electron chi connectivity index (χ4n) is 4.40. The lowest BCUT2D eigenvalue weighted by atomic mass is 9.55. The number of aromatic nitrogens is 1. The van der Waals surface area contributed by atoms with Crippen LogP contribution in [0.1, 0.15) is 58.1 Å². The van der Waals surface area contributed by atoms with Crippen LogP contribution < -0.4 is 10.6 Å². The molecule has 138 valence electrons. The lowest BCUT2D eigenvalue weighted by molar-refractivity contribution is -0.145. The molecule has 0 saturated heterocycles. The van der Waals surface area contributed by atoms with Crippen LogP contribution in [0.4, 0.5) is 0 Å². The van der Waals surface area contributed by atoms with Crippen molar-refractivity contribution in [2.45, 2.75) is 71.1 Å². The molecule has 0 radical (unpaired) electrons. The second-order valence-corrected chi connectivity index (χ2v) is 7.19. The Labute approximate surface area is 151 Å². The minimum atomic E-state index is 0.301. The van der Waals surface area contributed by atoms with Gasteiger partial charge >= 0.3 is 0 Å². The summed E-state index contributed by atoms with van der Waals surface area (Å²) in [6.07, 6.45) is 9.87. The zero-order valence-corrected chi connectivity index (χ0v) is 15.6. The second-order valence-electron chi connectivity index (χ2n) is 7.19. The van der Waals surface area contributed by atoms with E-state index < -0.39 is 0 Å². The van der Waals surface area contributed by atoms with Gasteiger partial charge in [-0.3, -0.25) is 4.98 Å². The number of nitrogens with one attached hydrogen (secondary N) is 2. The highest BCUT2D eigenvalue weighted by molar-refractivity contribution is 5.80. The Morgan fingerprint density at radius 2 is 2.12 bits per heavy atom. The number of ether oxygens (including phenoxy) is 1. The van der Waals surface area contributed by atoms with E-state index in [0.717, 1.165) is 31.2 Å². The molecule has 0 aliphatic heterocycles. The molecule has 1 aromatic rings. The molecule has 2 fully saturated rings. The Kier molecular flexibility index (Phi) is 6.29. The van der Waals surface area contributed by atoms with Crippen molar-refractivity contribution in [3.05, 3.63) is 30.1 Å². The molecule has 2 unspecified atom stereocenters. The predicted molar refractivity (Wildman–Crippen MR) is 102 cm³/mol. The Bertz CT molecular complexity index is 554. The Morgan fingerprint density at radius 1 is 1.28 bits per heavy atom. The molecule has 1 aromatic heterocycles. The zero-order chi connectivity index (χ0) is 17.5. The molecular weight excluding hydrogens is 312 g/mol. The fraction of sp³-hybridized carbons (Fsp3) is 0.700. The maximum Gasteiger partial charge on any atom is 0.191 e. The lowest BCUT2D eigenvalue weighted by Crippen LogP contribution is -2.66. The van der Waals surface area contributed by atoms with Gasteiger partial charge in [-0.25, -0.2) is 4.99 Å². The standard InChI is InChI=1S/C20H32N4O/c1-3-21-19(23-15-16-10-6-9-13-22-16)24-17-14-18(25-4-2)20(17)11-7-5-8-12-20/h6,9-10,13,17-18H,3-5,7-8,11-12,14-15H2,1-2H3,(H2,21,23,24). The van der Waals surface area contributed by atoms with Crippen LogP contribution in [-0.4, -0.2) is 36.2 Å². The van der Waals surface area contributed by atoms with E-state index in [0.29, 0.717) is 24.1 Å². The molecule has 0 aromatic carbocycles. The number of guanidine groups is 1. The topological polar surface area (TPSA) is 58.5 Å². The highest BCUT2D eigenvalue weighted by atomic mass is 16.5. The number of hydrogen-bond donors (Lipinski definition) is 2. The van der Waals surface area contributed by atoms with Crippen LogP contribution in [0.15, 0.2) is 29.4 Å². The average molecular weight is 345 g/mol. The van der Waals surface area contributed by atoms with E-state index in [9.17, 15) is 0 Å². The summed E-state index contributed by atoms with van der Waals surface area (Å²) in [6.45, 7) is 6.49. The fourth-order valence-corrected chi connectivity index (χ4v) is 4.40. The summed E-state index contributed by atoms with van der Waals surface area (Å²) in [5.41, 5.74) is 1.29. The summed E-state index contributed by atoms with van der Waals surface area (Å²) >= 11 is 0. The minimum Gasteiger partial charge on any atom is -0.378 e. The first-order chi connectivity index (χ1) is 12.3. The summed E-state index contributed by atoms with van der Waals surface area (Å²) in [5, 5.41) is 7.10. The van der Waals surface area contributed by atoms with Crippen molar-refractivity contribution in [1.29, 1.82) is 0 Å². The van der Waals surface area contributed by atoms with Crippen LogP contribution in [0.2, 0.25) is 0 Å². The van der Waals surface area contributed by atoms with Gasteiger partial charge in [0.2, 0.25) is 0 Å². The van der Waals surface area contributed by atoms with Crippen LogP contribution in [0, 0.1) is 5.41 Å². The lowest BCUT2D eigenvalue weighted by Gasteiger charge is -2.58. The molecule has 5 nitrogen and oxygen atoms in total. The first-order valence-electron chi connectivity index (χ1n) is 9.85. The molecule has 1 heterocycles. The van der Waals surface area contributed by atoms with Crippen LogP contribution in [0.5, 0.6) is 0 Å². The van der Waals surface area contributed by atoms with E-state index >= 15 is 0 Å². The molecule has 2 saturated carbocycles. The zero-order valence-electron chi connectivity index (χ0n) is 15.6. The van der Waals surface area contributed by atoms with Crippen LogP contribution >= 0.6 is 0 Å². The molecule has 1 spiro atoms. The molecule has 2 N–H and O–H groups in total. The number of nitrogens with zero attached hydrogens (tertiary/aromatic N) is 2. The van der Waals surface area contributed by atoms with Crippen LogP contribution in [0.3, 0.4) is 0 Å². The Balaban J connectivity index is 1.66. The molecule has 2 aliphatic carbocycles. The smallest absolute Gasteiger partial charge is 0.191 e. The molecule has 2 atom stereocenters. The van der Waals surface area contributed by atoms with Crippen LogP contribution in [0.25, 0.3) is 0 Å². The summed E-state index contributed by atoms with van der Waals surface area (Å²) in [6, 6.07) is 6.43. The number of rotatable bonds is 6. The molecular formula is C20H32N4O. The van der Waals surface area contributed by atoms with Crippen LogP contribution in [-0.2, 0) is 11.3 Å². The van der Waals surface area contributed by atoms with E-state index in [1.165, 1.54) is 32.1 Å². The van der Waals surface area contributed by atoms with Gasteiger partial charge in [0.05, 0.1) is 18.3 Å². The summed E-state index contributed by atoms with van der Waals surface area (Å²) in [5.74, 6) is 0.901. The van der Waals surface area contributed by atoms with E-state index in [2.05, 4.69) is 29.5 Å². The number of pyridine rings is 1. The van der Waals surface area contributed by atoms with Crippen molar-refractivity contribution in [1.82, 2.24) is 15.6 Å². The van der Waals surface area contributed by atoms with Gasteiger partial charge in [0, 0.05) is 30.8 Å². The third-order valence-corrected chi connectivity index (χ3v) is 5.72. The Morgan fingerprint density at radius 3 is 2.80 bits per heavy atom. The molecule has 5 heteroatoms. The van der Waals surface area contributed by atoms with E-state index in [1.807, 2.05) is 24.4 Å². The number of hydrogen-bond acceptors (Lipinski definition) is 3. The van der Waals surface area contributed by atoms with E-state index in [1.54, 1.807) is 0 Å². The third-order valence-electron chi connectivity index (χ3n) is 5.72. The highest BCUT2D eigenvalue weighted by Gasteiger charge is 2.55. The first kappa shape index (κ1) is 18.2. The van der Waals surface area contributed by atoms with Gasteiger partial charge in [0.15, 0.2) is 5.96 Å². The summed E-state index contributed by atoms with van der Waals surface area (Å²) in [7, 11) is 0. The van der Waals surface area contributed by atoms with Gasteiger partial charge in [-0.15, -0.1) is 0 Å². The predicted octanol–water partition coefficient (Wildman–Crippen LogP) is 3.26. The maximum absolute atomic E-state index is 6.06. The number of aliphatic imine (C=N–C) groups is 1. The average Bonchev–Trinajstić information content (AvgIpc) is 2.66. The molecule has 0 amide bonds. The van der Waals surface area contributed by atoms with Crippen molar-refractivity contribution in [2.24, 2.45) is 10.4 Å². The molecule has 25 heavy (non-hydrogen) atoms. The molecule has 3 rings (SSSR count). The monoisotopic (exact) mass is 344 g/mol. The van der Waals surface area contributed by atoms with Gasteiger partial charge in [-0.05, 0) is 45.2 Å². The van der Waals surface area contributed by atoms with Crippen molar-refractivity contribution >= 4 is 5.96 Å². The highest BCUT2D eigenvalue weighted by Crippen LogP contribution is 2.53. The second kappa shape index (κ2) is 8.65. The molecule has 2 aliphatic rings. The summed E-state index contributed by atoms with van der Waals surface area (Å²) < 4.78 is 6.06. The van der Waals surface area contributed by atoms with Gasteiger partial charge in [-0.1, -0.05) is 25.3 Å². The summed E-state index contributed by atoms with van der Waals surface area (Å²) in [4.78, 5) is 9.11. The normalized spacial score (nSPS) is 25.4. The van der Waals surface area contributed by atoms with E-state index in [-0.39, 0.29) is 0 Å². The first-order valence-corrected chi connectivity index (χ1v) is 9.85. The molecule has 0 bridgehead atoms. The van der Waals surface area contributed by atoms with Gasteiger partial charge in [0.1, 0.15) is 0 Å². The SMILES string of the molecule is CCNC(=NCc1ccccn1)NC1CC(OCC)C12CCCCC2.